The molecule has 2 N–H and O–H groups in total. The summed E-state index contributed by atoms with van der Waals surface area (Å²) in [6, 6.07) is 2.08. The smallest absolute Gasteiger partial charge is 0.223 e. The third kappa shape index (κ3) is 1.79. The van der Waals surface area contributed by atoms with Crippen LogP contribution in [0, 0.1) is 27.7 Å². The van der Waals surface area contributed by atoms with Crippen LogP contribution in [0.1, 0.15) is 21.8 Å². The minimum atomic E-state index is 0.287. The number of thiophene rings is 1. The van der Waals surface area contributed by atoms with E-state index in [1.165, 1.54) is 10.4 Å². The number of hydrogen-bond acceptors (Lipinski definition) is 5. The summed E-state index contributed by atoms with van der Waals surface area (Å²) in [6.07, 6.45) is 0. The molecule has 0 fully saturated rings. The maximum atomic E-state index is 5.81. The molecule has 0 atom stereocenters. The van der Waals surface area contributed by atoms with Gasteiger partial charge in [0.05, 0.1) is 11.1 Å². The summed E-state index contributed by atoms with van der Waals surface area (Å²) in [5, 5.41) is 5.56. The number of aromatic nitrogens is 4. The molecule has 0 aliphatic rings. The number of fused-ring (bicyclic) bond motifs is 1. The highest BCUT2D eigenvalue weighted by Gasteiger charge is 2.15. The molecule has 3 aromatic heterocycles. The number of anilines is 1. The molecule has 0 bridgehead atoms. The van der Waals surface area contributed by atoms with Gasteiger partial charge >= 0.3 is 0 Å². The molecular formula is C13H15N5S. The lowest BCUT2D eigenvalue weighted by molar-refractivity contribution is 0.812. The average Bonchev–Trinajstić information content (AvgIpc) is 2.83. The van der Waals surface area contributed by atoms with Crippen LogP contribution in [-0.4, -0.2) is 19.7 Å². The number of nitrogens with two attached hydrogens (primary N) is 1. The Morgan fingerprint density at radius 2 is 1.89 bits per heavy atom. The zero-order chi connectivity index (χ0) is 13.7. The first-order valence-electron chi connectivity index (χ1n) is 6.04. The molecule has 19 heavy (non-hydrogen) atoms. The number of aryl methyl sites for hydroxylation is 2. The van der Waals surface area contributed by atoms with Crippen LogP contribution in [-0.2, 0) is 0 Å². The van der Waals surface area contributed by atoms with E-state index in [0.29, 0.717) is 0 Å². The van der Waals surface area contributed by atoms with Crippen molar-refractivity contribution in [1.29, 1.82) is 0 Å². The molecule has 5 nitrogen and oxygen atoms in total. The summed E-state index contributed by atoms with van der Waals surface area (Å²) in [4.78, 5) is 10.8. The zero-order valence-corrected chi connectivity index (χ0v) is 12.2. The van der Waals surface area contributed by atoms with E-state index in [1.807, 2.05) is 18.5 Å². The summed E-state index contributed by atoms with van der Waals surface area (Å²) < 4.78 is 1.86. The van der Waals surface area contributed by atoms with E-state index < -0.39 is 0 Å². The lowest BCUT2D eigenvalue weighted by Crippen LogP contribution is -2.06. The Kier molecular flexibility index (Phi) is 2.56. The number of rotatable bonds is 1. The third-order valence-corrected chi connectivity index (χ3v) is 4.31. The first kappa shape index (κ1) is 12.1. The Morgan fingerprint density at radius 3 is 2.53 bits per heavy atom. The van der Waals surface area contributed by atoms with Gasteiger partial charge in [-0.1, -0.05) is 0 Å². The predicted octanol–water partition coefficient (Wildman–Crippen LogP) is 2.69. The van der Waals surface area contributed by atoms with E-state index in [2.05, 4.69) is 35.0 Å². The van der Waals surface area contributed by atoms with Crippen LogP contribution in [0.3, 0.4) is 0 Å². The van der Waals surface area contributed by atoms with Crippen molar-refractivity contribution < 1.29 is 0 Å². The Bertz CT molecular complexity index is 784. The van der Waals surface area contributed by atoms with Crippen LogP contribution in [0.25, 0.3) is 16.0 Å². The van der Waals surface area contributed by atoms with Gasteiger partial charge in [0.25, 0.3) is 0 Å². The minimum Gasteiger partial charge on any atom is -0.368 e. The third-order valence-electron chi connectivity index (χ3n) is 3.37. The van der Waals surface area contributed by atoms with Crippen LogP contribution < -0.4 is 5.73 Å². The van der Waals surface area contributed by atoms with Crippen molar-refractivity contribution >= 4 is 27.5 Å². The second-order valence-electron chi connectivity index (χ2n) is 4.69. The fourth-order valence-electron chi connectivity index (χ4n) is 2.13. The molecular weight excluding hydrogens is 258 g/mol. The van der Waals surface area contributed by atoms with E-state index in [4.69, 9.17) is 5.73 Å². The maximum absolute atomic E-state index is 5.81. The normalized spacial score (nSPS) is 11.4. The number of nitrogen functional groups attached to an aromatic ring is 1. The quantitative estimate of drug-likeness (QED) is 0.740. The highest BCUT2D eigenvalue weighted by atomic mass is 32.1. The van der Waals surface area contributed by atoms with Gasteiger partial charge in [-0.05, 0) is 39.3 Å². The predicted molar refractivity (Wildman–Crippen MR) is 77.9 cm³/mol. The lowest BCUT2D eigenvalue weighted by Gasteiger charge is -2.05. The molecule has 6 heteroatoms. The lowest BCUT2D eigenvalue weighted by atomic mass is 10.2. The van der Waals surface area contributed by atoms with Gasteiger partial charge in [-0.2, -0.15) is 10.1 Å². The van der Waals surface area contributed by atoms with Crippen LogP contribution in [0.15, 0.2) is 6.07 Å². The van der Waals surface area contributed by atoms with Crippen LogP contribution in [0.2, 0.25) is 0 Å². The van der Waals surface area contributed by atoms with Crippen LogP contribution in [0.4, 0.5) is 5.95 Å². The van der Waals surface area contributed by atoms with E-state index in [9.17, 15) is 0 Å². The molecule has 3 rings (SSSR count). The van der Waals surface area contributed by atoms with E-state index in [0.717, 1.165) is 27.4 Å². The Labute approximate surface area is 115 Å². The van der Waals surface area contributed by atoms with Crippen molar-refractivity contribution in [1.82, 2.24) is 19.7 Å². The van der Waals surface area contributed by atoms with Crippen molar-refractivity contribution in [3.63, 3.8) is 0 Å². The van der Waals surface area contributed by atoms with Crippen LogP contribution >= 0.6 is 11.3 Å². The molecule has 0 aromatic carbocycles. The van der Waals surface area contributed by atoms with E-state index >= 15 is 0 Å². The highest BCUT2D eigenvalue weighted by Crippen LogP contribution is 2.29. The summed E-state index contributed by atoms with van der Waals surface area (Å²) in [5.41, 5.74) is 9.08. The first-order chi connectivity index (χ1) is 8.97. The largest absolute Gasteiger partial charge is 0.368 e. The number of nitrogens with zero attached hydrogens (tertiary/aromatic N) is 4. The number of hydrogen-bond donors (Lipinski definition) is 1. The molecule has 3 heterocycles. The molecule has 0 radical (unpaired) electrons. The average molecular weight is 273 g/mol. The van der Waals surface area contributed by atoms with E-state index in [-0.39, 0.29) is 5.95 Å². The molecule has 98 valence electrons. The van der Waals surface area contributed by atoms with Gasteiger partial charge in [0.2, 0.25) is 5.95 Å². The summed E-state index contributed by atoms with van der Waals surface area (Å²) in [6.45, 7) is 8.16. The van der Waals surface area contributed by atoms with Gasteiger partial charge in [0, 0.05) is 10.6 Å². The van der Waals surface area contributed by atoms with Crippen molar-refractivity contribution in [2.45, 2.75) is 27.7 Å². The standard InChI is InChI=1S/C13H15N5S/c1-6-5-10-11(15-13(14)16-12(10)19-6)18-9(4)7(2)8(3)17-18/h5H,1-4H3,(H2,14,15,16). The van der Waals surface area contributed by atoms with E-state index in [1.54, 1.807) is 11.3 Å². The van der Waals surface area contributed by atoms with Gasteiger partial charge in [-0.3, -0.25) is 0 Å². The van der Waals surface area contributed by atoms with Gasteiger partial charge in [-0.25, -0.2) is 9.67 Å². The molecule has 0 amide bonds. The Morgan fingerprint density at radius 1 is 1.16 bits per heavy atom. The summed E-state index contributed by atoms with van der Waals surface area (Å²) in [5.74, 6) is 1.05. The molecule has 0 saturated carbocycles. The van der Waals surface area contributed by atoms with Gasteiger partial charge < -0.3 is 5.73 Å². The molecule has 0 spiro atoms. The van der Waals surface area contributed by atoms with Crippen molar-refractivity contribution in [2.24, 2.45) is 0 Å². The summed E-state index contributed by atoms with van der Waals surface area (Å²) in [7, 11) is 0. The zero-order valence-electron chi connectivity index (χ0n) is 11.4. The van der Waals surface area contributed by atoms with Gasteiger partial charge in [-0.15, -0.1) is 11.3 Å². The topological polar surface area (TPSA) is 69.6 Å². The fourth-order valence-corrected chi connectivity index (χ4v) is 3.01. The van der Waals surface area contributed by atoms with Gasteiger partial charge in [0.1, 0.15) is 4.83 Å². The molecule has 0 unspecified atom stereocenters. The SMILES string of the molecule is Cc1cc2c(-n3nc(C)c(C)c3C)nc(N)nc2s1. The molecule has 3 aromatic rings. The Hall–Kier alpha value is -1.95. The Balaban J connectivity index is 2.38. The van der Waals surface area contributed by atoms with Crippen molar-refractivity contribution in [3.8, 4) is 5.82 Å². The molecule has 0 saturated heterocycles. The first-order valence-corrected chi connectivity index (χ1v) is 6.86. The second kappa shape index (κ2) is 4.03. The van der Waals surface area contributed by atoms with Crippen LogP contribution in [0.5, 0.6) is 0 Å². The minimum absolute atomic E-state index is 0.287. The highest BCUT2D eigenvalue weighted by molar-refractivity contribution is 7.18. The molecule has 0 aliphatic heterocycles. The van der Waals surface area contributed by atoms with Crippen molar-refractivity contribution in [2.75, 3.05) is 5.73 Å². The second-order valence-corrected chi connectivity index (χ2v) is 5.92. The summed E-state index contributed by atoms with van der Waals surface area (Å²) >= 11 is 1.62. The fraction of sp³-hybridized carbons (Fsp3) is 0.308. The maximum Gasteiger partial charge on any atom is 0.223 e. The van der Waals surface area contributed by atoms with Crippen molar-refractivity contribution in [3.05, 3.63) is 27.9 Å². The monoisotopic (exact) mass is 273 g/mol. The van der Waals surface area contributed by atoms with Gasteiger partial charge in [0.15, 0.2) is 5.82 Å². The molecule has 0 aliphatic carbocycles.